The number of aromatic nitrogens is 2. The van der Waals surface area contributed by atoms with Crippen molar-refractivity contribution in [2.45, 2.75) is 58.5 Å². The zero-order valence-corrected chi connectivity index (χ0v) is 10.6. The first-order valence-electron chi connectivity index (χ1n) is 6.41. The average molecular weight is 221 g/mol. The Kier molecular flexibility index (Phi) is 3.33. The second kappa shape index (κ2) is 4.58. The van der Waals surface area contributed by atoms with Crippen molar-refractivity contribution < 1.29 is 0 Å². The van der Waals surface area contributed by atoms with Gasteiger partial charge >= 0.3 is 0 Å². The molecule has 0 radical (unpaired) electrons. The van der Waals surface area contributed by atoms with Gasteiger partial charge in [-0.25, -0.2) is 0 Å². The fourth-order valence-corrected chi connectivity index (χ4v) is 2.17. The van der Waals surface area contributed by atoms with Gasteiger partial charge in [-0.05, 0) is 37.7 Å². The van der Waals surface area contributed by atoms with Crippen molar-refractivity contribution in [3.63, 3.8) is 0 Å². The molecule has 3 nitrogen and oxygen atoms in total. The quantitative estimate of drug-likeness (QED) is 0.849. The minimum atomic E-state index is 0.0834. The van der Waals surface area contributed by atoms with Gasteiger partial charge in [0.25, 0.3) is 0 Å². The van der Waals surface area contributed by atoms with Crippen LogP contribution in [0.25, 0.3) is 0 Å². The summed E-state index contributed by atoms with van der Waals surface area (Å²) in [5, 5.41) is 4.69. The van der Waals surface area contributed by atoms with E-state index in [9.17, 15) is 0 Å². The van der Waals surface area contributed by atoms with Crippen LogP contribution in [0.3, 0.4) is 0 Å². The third-order valence-electron chi connectivity index (χ3n) is 3.54. The predicted molar refractivity (Wildman–Crippen MR) is 66.3 cm³/mol. The van der Waals surface area contributed by atoms with Gasteiger partial charge in [0.05, 0.1) is 11.4 Å². The van der Waals surface area contributed by atoms with E-state index in [4.69, 9.17) is 5.73 Å². The number of rotatable bonds is 4. The Morgan fingerprint density at radius 1 is 1.44 bits per heavy atom. The van der Waals surface area contributed by atoms with Crippen LogP contribution in [0.2, 0.25) is 0 Å². The molecule has 2 rings (SSSR count). The summed E-state index contributed by atoms with van der Waals surface area (Å²) in [6, 6.07) is 2.26. The Balaban J connectivity index is 2.18. The van der Waals surface area contributed by atoms with Crippen molar-refractivity contribution in [3.8, 4) is 0 Å². The molecular formula is C13H23N3. The maximum Gasteiger partial charge on any atom is 0.0653 e. The highest BCUT2D eigenvalue weighted by Crippen LogP contribution is 2.29. The Morgan fingerprint density at radius 2 is 2.12 bits per heavy atom. The van der Waals surface area contributed by atoms with Crippen LogP contribution >= 0.6 is 0 Å². The molecule has 1 saturated carbocycles. The van der Waals surface area contributed by atoms with Gasteiger partial charge in [-0.2, -0.15) is 5.10 Å². The predicted octanol–water partition coefficient (Wildman–Crippen LogP) is 2.83. The van der Waals surface area contributed by atoms with Gasteiger partial charge in [-0.3, -0.25) is 4.68 Å². The zero-order chi connectivity index (χ0) is 11.7. The topological polar surface area (TPSA) is 43.8 Å². The van der Waals surface area contributed by atoms with Crippen molar-refractivity contribution in [1.82, 2.24) is 9.78 Å². The lowest BCUT2D eigenvalue weighted by Crippen LogP contribution is -2.22. The van der Waals surface area contributed by atoms with Crippen LogP contribution in [0.4, 0.5) is 0 Å². The third-order valence-corrected chi connectivity index (χ3v) is 3.54. The number of nitrogens with zero attached hydrogens (tertiary/aromatic N) is 2. The molecule has 0 aromatic carbocycles. The van der Waals surface area contributed by atoms with Gasteiger partial charge < -0.3 is 5.73 Å². The molecule has 2 N–H and O–H groups in total. The summed E-state index contributed by atoms with van der Waals surface area (Å²) in [4.78, 5) is 0. The van der Waals surface area contributed by atoms with Crippen molar-refractivity contribution in [2.24, 2.45) is 11.7 Å². The Bertz CT molecular complexity index is 348. The summed E-state index contributed by atoms with van der Waals surface area (Å²) in [7, 11) is 0. The zero-order valence-electron chi connectivity index (χ0n) is 10.6. The second-order valence-corrected chi connectivity index (χ2v) is 5.42. The van der Waals surface area contributed by atoms with Crippen molar-refractivity contribution in [2.75, 3.05) is 0 Å². The van der Waals surface area contributed by atoms with E-state index < -0.39 is 0 Å². The first-order valence-corrected chi connectivity index (χ1v) is 6.41. The smallest absolute Gasteiger partial charge is 0.0653 e. The molecule has 1 aliphatic rings. The van der Waals surface area contributed by atoms with Crippen molar-refractivity contribution in [1.29, 1.82) is 0 Å². The van der Waals surface area contributed by atoms with Crippen LogP contribution in [0, 0.1) is 5.92 Å². The first-order chi connectivity index (χ1) is 7.58. The number of nitrogens with two attached hydrogens (primary N) is 1. The lowest BCUT2D eigenvalue weighted by Gasteiger charge is -2.26. The van der Waals surface area contributed by atoms with Crippen LogP contribution in [-0.4, -0.2) is 9.78 Å². The molecule has 1 heterocycles. The summed E-state index contributed by atoms with van der Waals surface area (Å²) >= 11 is 0. The molecule has 0 bridgehead atoms. The van der Waals surface area contributed by atoms with E-state index in [0.717, 1.165) is 12.5 Å². The van der Waals surface area contributed by atoms with E-state index in [1.54, 1.807) is 0 Å². The molecule has 1 fully saturated rings. The summed E-state index contributed by atoms with van der Waals surface area (Å²) in [6.45, 7) is 7.46. The highest BCUT2D eigenvalue weighted by Gasteiger charge is 2.21. The molecular weight excluding hydrogens is 198 g/mol. The van der Waals surface area contributed by atoms with Crippen LogP contribution in [0.5, 0.6) is 0 Å². The fraction of sp³-hybridized carbons (Fsp3) is 0.769. The first kappa shape index (κ1) is 11.6. The summed E-state index contributed by atoms with van der Waals surface area (Å²) in [5.74, 6) is 1.32. The molecule has 16 heavy (non-hydrogen) atoms. The lowest BCUT2D eigenvalue weighted by atomic mass is 9.85. The lowest BCUT2D eigenvalue weighted by molar-refractivity contribution is 0.261. The Hall–Kier alpha value is -0.830. The molecule has 1 aromatic rings. The van der Waals surface area contributed by atoms with E-state index in [1.807, 2.05) is 6.92 Å². The van der Waals surface area contributed by atoms with Gasteiger partial charge in [0.2, 0.25) is 0 Å². The third kappa shape index (κ3) is 2.29. The highest BCUT2D eigenvalue weighted by atomic mass is 15.3. The summed E-state index contributed by atoms with van der Waals surface area (Å²) in [6.07, 6.45) is 4.10. The van der Waals surface area contributed by atoms with Crippen LogP contribution in [0.15, 0.2) is 6.07 Å². The SMILES string of the molecule is CC(C)c1cc(C(C)N)n(CC2CCC2)n1. The molecule has 0 spiro atoms. The molecule has 1 aliphatic carbocycles. The number of hydrogen-bond acceptors (Lipinski definition) is 2. The summed E-state index contributed by atoms with van der Waals surface area (Å²) in [5.41, 5.74) is 8.37. The molecule has 1 atom stereocenters. The van der Waals surface area contributed by atoms with E-state index in [-0.39, 0.29) is 6.04 Å². The summed E-state index contributed by atoms with van der Waals surface area (Å²) < 4.78 is 2.14. The molecule has 1 aromatic heterocycles. The normalized spacial score (nSPS) is 18.8. The van der Waals surface area contributed by atoms with Crippen molar-refractivity contribution in [3.05, 3.63) is 17.5 Å². The molecule has 1 unspecified atom stereocenters. The maximum absolute atomic E-state index is 6.00. The fourth-order valence-electron chi connectivity index (χ4n) is 2.17. The van der Waals surface area contributed by atoms with Crippen LogP contribution in [0.1, 0.15) is 63.4 Å². The van der Waals surface area contributed by atoms with Gasteiger partial charge in [0, 0.05) is 12.6 Å². The largest absolute Gasteiger partial charge is 0.323 e. The minimum absolute atomic E-state index is 0.0834. The maximum atomic E-state index is 6.00. The molecule has 0 aliphatic heterocycles. The van der Waals surface area contributed by atoms with Crippen LogP contribution in [-0.2, 0) is 6.54 Å². The standard InChI is InChI=1S/C13H23N3/c1-9(2)12-7-13(10(3)14)16(15-12)8-11-5-4-6-11/h7,9-11H,4-6,8,14H2,1-3H3. The van der Waals surface area contributed by atoms with Gasteiger partial charge in [-0.15, -0.1) is 0 Å². The molecule has 90 valence electrons. The van der Waals surface area contributed by atoms with Crippen molar-refractivity contribution >= 4 is 0 Å². The van der Waals surface area contributed by atoms with Gasteiger partial charge in [0.1, 0.15) is 0 Å². The average Bonchev–Trinajstić information content (AvgIpc) is 2.55. The van der Waals surface area contributed by atoms with Gasteiger partial charge in [-0.1, -0.05) is 20.3 Å². The van der Waals surface area contributed by atoms with Gasteiger partial charge in [0.15, 0.2) is 0 Å². The molecule has 0 amide bonds. The van der Waals surface area contributed by atoms with E-state index in [0.29, 0.717) is 5.92 Å². The number of hydrogen-bond donors (Lipinski definition) is 1. The molecule has 3 heteroatoms. The van der Waals surface area contributed by atoms with Crippen LogP contribution < -0.4 is 5.73 Å². The monoisotopic (exact) mass is 221 g/mol. The van der Waals surface area contributed by atoms with E-state index in [1.165, 1.54) is 30.7 Å². The Morgan fingerprint density at radius 3 is 2.56 bits per heavy atom. The minimum Gasteiger partial charge on any atom is -0.323 e. The van der Waals surface area contributed by atoms with E-state index in [2.05, 4.69) is 29.7 Å². The second-order valence-electron chi connectivity index (χ2n) is 5.42. The highest BCUT2D eigenvalue weighted by molar-refractivity contribution is 5.16. The Labute approximate surface area is 98.0 Å². The van der Waals surface area contributed by atoms with E-state index >= 15 is 0 Å². The molecule has 0 saturated heterocycles.